The molecule has 0 bridgehead atoms. The van der Waals surface area contributed by atoms with Crippen molar-refractivity contribution in [1.82, 2.24) is 4.98 Å². The van der Waals surface area contributed by atoms with E-state index < -0.39 is 0 Å². The molecule has 2 rings (SSSR count). The first-order chi connectivity index (χ1) is 9.17. The number of pyridine rings is 1. The number of thiophene rings is 1. The molecule has 0 aliphatic carbocycles. The molecule has 0 radical (unpaired) electrons. The van der Waals surface area contributed by atoms with Gasteiger partial charge in [-0.25, -0.2) is 0 Å². The molecule has 6 heteroatoms. The fraction of sp³-hybridized carbons (Fsp3) is 0.154. The van der Waals surface area contributed by atoms with Crippen LogP contribution in [0.5, 0.6) is 0 Å². The van der Waals surface area contributed by atoms with E-state index >= 15 is 0 Å². The molecule has 2 heterocycles. The predicted molar refractivity (Wildman–Crippen MR) is 74.5 cm³/mol. The molecule has 0 spiro atoms. The third kappa shape index (κ3) is 2.49. The van der Waals surface area contributed by atoms with Gasteiger partial charge < -0.3 is 10.6 Å². The Balaban J connectivity index is 2.33. The quantitative estimate of drug-likeness (QED) is 0.921. The SMILES string of the molecule is CN(Cc1cccnc1)c1sc(C#N)c(N)c1C#N. The van der Waals surface area contributed by atoms with Crippen LogP contribution in [-0.4, -0.2) is 12.0 Å². The van der Waals surface area contributed by atoms with Crippen LogP contribution in [-0.2, 0) is 6.54 Å². The van der Waals surface area contributed by atoms with Crippen molar-refractivity contribution in [2.24, 2.45) is 0 Å². The van der Waals surface area contributed by atoms with Crippen molar-refractivity contribution in [3.05, 3.63) is 40.5 Å². The Morgan fingerprint density at radius 2 is 2.21 bits per heavy atom. The van der Waals surface area contributed by atoms with Gasteiger partial charge in [0.2, 0.25) is 0 Å². The van der Waals surface area contributed by atoms with E-state index in [-0.39, 0.29) is 5.69 Å². The highest BCUT2D eigenvalue weighted by Crippen LogP contribution is 2.37. The number of nitrogens with zero attached hydrogens (tertiary/aromatic N) is 4. The third-order valence-corrected chi connectivity index (χ3v) is 3.85. The Morgan fingerprint density at radius 3 is 2.79 bits per heavy atom. The van der Waals surface area contributed by atoms with Crippen molar-refractivity contribution in [1.29, 1.82) is 10.5 Å². The van der Waals surface area contributed by atoms with Gasteiger partial charge in [0.1, 0.15) is 27.6 Å². The molecular weight excluding hydrogens is 258 g/mol. The van der Waals surface area contributed by atoms with Gasteiger partial charge in [0.05, 0.1) is 5.69 Å². The van der Waals surface area contributed by atoms with Crippen LogP contribution in [0.3, 0.4) is 0 Å². The lowest BCUT2D eigenvalue weighted by atomic mass is 10.2. The average molecular weight is 269 g/mol. The Kier molecular flexibility index (Phi) is 3.65. The van der Waals surface area contributed by atoms with Crippen LogP contribution >= 0.6 is 11.3 Å². The topological polar surface area (TPSA) is 89.7 Å². The number of anilines is 2. The average Bonchev–Trinajstić information content (AvgIpc) is 2.76. The standard InChI is InChI=1S/C13H11N5S/c1-18(8-9-3-2-4-17-7-9)13-10(5-14)12(16)11(6-15)19-13/h2-4,7H,8,16H2,1H3. The molecule has 2 aromatic heterocycles. The minimum atomic E-state index is 0.267. The van der Waals surface area contributed by atoms with Gasteiger partial charge in [0.25, 0.3) is 0 Å². The summed E-state index contributed by atoms with van der Waals surface area (Å²) in [7, 11) is 1.86. The van der Waals surface area contributed by atoms with Gasteiger partial charge in [0, 0.05) is 26.0 Å². The maximum absolute atomic E-state index is 9.15. The van der Waals surface area contributed by atoms with E-state index in [1.807, 2.05) is 30.1 Å². The van der Waals surface area contributed by atoms with Crippen LogP contribution < -0.4 is 10.6 Å². The van der Waals surface area contributed by atoms with E-state index in [0.717, 1.165) is 5.56 Å². The number of rotatable bonds is 3. The summed E-state index contributed by atoms with van der Waals surface area (Å²) in [5, 5.41) is 18.8. The lowest BCUT2D eigenvalue weighted by molar-refractivity contribution is 0.925. The lowest BCUT2D eigenvalue weighted by Gasteiger charge is -2.17. The van der Waals surface area contributed by atoms with Crippen molar-refractivity contribution in [2.75, 3.05) is 17.7 Å². The van der Waals surface area contributed by atoms with Crippen LogP contribution in [0, 0.1) is 22.7 Å². The monoisotopic (exact) mass is 269 g/mol. The first-order valence-electron chi connectivity index (χ1n) is 5.50. The van der Waals surface area contributed by atoms with Crippen LogP contribution in [0.1, 0.15) is 16.0 Å². The summed E-state index contributed by atoms with van der Waals surface area (Å²) in [6, 6.07) is 7.89. The molecule has 0 aliphatic heterocycles. The molecule has 19 heavy (non-hydrogen) atoms. The van der Waals surface area contributed by atoms with E-state index in [1.165, 1.54) is 11.3 Å². The van der Waals surface area contributed by atoms with E-state index in [4.69, 9.17) is 16.3 Å². The van der Waals surface area contributed by atoms with Crippen LogP contribution in [0.15, 0.2) is 24.5 Å². The van der Waals surface area contributed by atoms with Crippen molar-refractivity contribution < 1.29 is 0 Å². The van der Waals surface area contributed by atoms with Gasteiger partial charge in [-0.05, 0) is 11.6 Å². The van der Waals surface area contributed by atoms with Crippen molar-refractivity contribution in [2.45, 2.75) is 6.54 Å². The Hall–Kier alpha value is -2.57. The first kappa shape index (κ1) is 12.9. The van der Waals surface area contributed by atoms with Gasteiger partial charge in [-0.3, -0.25) is 4.98 Å². The fourth-order valence-electron chi connectivity index (χ4n) is 1.73. The molecule has 5 nitrogen and oxygen atoms in total. The second kappa shape index (κ2) is 5.38. The Morgan fingerprint density at radius 1 is 1.42 bits per heavy atom. The number of aromatic nitrogens is 1. The summed E-state index contributed by atoms with van der Waals surface area (Å²) in [5.74, 6) is 0. The summed E-state index contributed by atoms with van der Waals surface area (Å²) in [6.07, 6.45) is 3.48. The molecular formula is C13H11N5S. The number of hydrogen-bond acceptors (Lipinski definition) is 6. The molecule has 2 N–H and O–H groups in total. The highest BCUT2D eigenvalue weighted by atomic mass is 32.1. The number of nitriles is 2. The Labute approximate surface area is 115 Å². The molecule has 0 amide bonds. The van der Waals surface area contributed by atoms with Gasteiger partial charge in [-0.1, -0.05) is 6.07 Å². The van der Waals surface area contributed by atoms with E-state index in [9.17, 15) is 0 Å². The molecule has 94 valence electrons. The van der Waals surface area contributed by atoms with Gasteiger partial charge in [0.15, 0.2) is 0 Å². The minimum Gasteiger partial charge on any atom is -0.396 e. The second-order valence-corrected chi connectivity index (χ2v) is 4.97. The molecule has 0 unspecified atom stereocenters. The van der Waals surface area contributed by atoms with E-state index in [0.29, 0.717) is 22.0 Å². The summed E-state index contributed by atoms with van der Waals surface area (Å²) in [5.41, 5.74) is 7.45. The zero-order valence-corrected chi connectivity index (χ0v) is 11.1. The summed E-state index contributed by atoms with van der Waals surface area (Å²) in [6.45, 7) is 0.605. The molecule has 0 fully saturated rings. The summed E-state index contributed by atoms with van der Waals surface area (Å²) in [4.78, 5) is 6.33. The number of hydrogen-bond donors (Lipinski definition) is 1. The molecule has 0 saturated heterocycles. The lowest BCUT2D eigenvalue weighted by Crippen LogP contribution is -2.16. The van der Waals surface area contributed by atoms with Gasteiger partial charge in [-0.2, -0.15) is 10.5 Å². The van der Waals surface area contributed by atoms with Crippen LogP contribution in [0.25, 0.3) is 0 Å². The molecule has 0 atom stereocenters. The fourth-order valence-corrected chi connectivity index (χ4v) is 2.66. The number of nitrogen functional groups attached to an aromatic ring is 1. The van der Waals surface area contributed by atoms with Crippen molar-refractivity contribution >= 4 is 22.0 Å². The maximum atomic E-state index is 9.15. The number of nitrogens with two attached hydrogens (primary N) is 1. The summed E-state index contributed by atoms with van der Waals surface area (Å²) < 4.78 is 0. The zero-order chi connectivity index (χ0) is 13.8. The largest absolute Gasteiger partial charge is 0.396 e. The highest BCUT2D eigenvalue weighted by molar-refractivity contribution is 7.17. The Bertz CT molecular complexity index is 663. The predicted octanol–water partition coefficient (Wildman–Crippen LogP) is 2.11. The van der Waals surface area contributed by atoms with Crippen molar-refractivity contribution in [3.63, 3.8) is 0 Å². The smallest absolute Gasteiger partial charge is 0.131 e. The van der Waals surface area contributed by atoms with Crippen LogP contribution in [0.4, 0.5) is 10.7 Å². The van der Waals surface area contributed by atoms with Gasteiger partial charge in [-0.15, -0.1) is 11.3 Å². The highest BCUT2D eigenvalue weighted by Gasteiger charge is 2.18. The molecule has 0 aliphatic rings. The molecule has 0 aromatic carbocycles. The normalized spacial score (nSPS) is 9.63. The first-order valence-corrected chi connectivity index (χ1v) is 6.31. The van der Waals surface area contributed by atoms with E-state index in [1.54, 1.807) is 12.4 Å². The maximum Gasteiger partial charge on any atom is 0.131 e. The molecule has 0 saturated carbocycles. The summed E-state index contributed by atoms with van der Waals surface area (Å²) >= 11 is 1.23. The molecule has 2 aromatic rings. The zero-order valence-electron chi connectivity index (χ0n) is 10.3. The van der Waals surface area contributed by atoms with E-state index in [2.05, 4.69) is 11.1 Å². The third-order valence-electron chi connectivity index (χ3n) is 2.63. The van der Waals surface area contributed by atoms with Crippen molar-refractivity contribution in [3.8, 4) is 12.1 Å². The van der Waals surface area contributed by atoms with Gasteiger partial charge >= 0.3 is 0 Å². The second-order valence-electron chi connectivity index (χ2n) is 3.97. The minimum absolute atomic E-state index is 0.267. The van der Waals surface area contributed by atoms with Crippen LogP contribution in [0.2, 0.25) is 0 Å².